The van der Waals surface area contributed by atoms with Crippen molar-refractivity contribution in [3.63, 3.8) is 0 Å². The fourth-order valence-electron chi connectivity index (χ4n) is 0.813. The summed E-state index contributed by atoms with van der Waals surface area (Å²) in [6, 6.07) is 2.73. The van der Waals surface area contributed by atoms with Gasteiger partial charge >= 0.3 is 5.97 Å². The first-order chi connectivity index (χ1) is 6.02. The number of carboxylic acid groups (broad SMARTS) is 1. The molecule has 0 heterocycles. The molecule has 2 nitrogen and oxygen atoms in total. The van der Waals surface area contributed by atoms with Crippen molar-refractivity contribution in [2.75, 3.05) is 0 Å². The second-order valence-corrected chi connectivity index (χ2v) is 2.81. The molecule has 0 bridgehead atoms. The number of hydrogen-bond acceptors (Lipinski definition) is 1. The van der Waals surface area contributed by atoms with Crippen LogP contribution in [-0.2, 0) is 4.79 Å². The van der Waals surface area contributed by atoms with Gasteiger partial charge in [0.1, 0.15) is 0 Å². The number of benzene rings is 1. The van der Waals surface area contributed by atoms with Gasteiger partial charge in [-0.15, -0.1) is 11.6 Å². The lowest BCUT2D eigenvalue weighted by molar-refractivity contribution is -0.136. The average molecular weight is 207 g/mol. The lowest BCUT2D eigenvalue weighted by Crippen LogP contribution is -2.05. The molecule has 0 amide bonds. The van der Waals surface area contributed by atoms with Gasteiger partial charge in [0.2, 0.25) is 0 Å². The van der Waals surface area contributed by atoms with Crippen LogP contribution in [0.5, 0.6) is 0 Å². The summed E-state index contributed by atoms with van der Waals surface area (Å²) in [5, 5.41) is 7.10. The van der Waals surface area contributed by atoms with E-state index in [4.69, 9.17) is 16.7 Å². The largest absolute Gasteiger partial charge is 0.480 e. The Morgan fingerprint density at radius 1 is 1.38 bits per heavy atom. The Kier molecular flexibility index (Phi) is 2.83. The van der Waals surface area contributed by atoms with Crippen LogP contribution in [-0.4, -0.2) is 11.1 Å². The van der Waals surface area contributed by atoms with E-state index < -0.39 is 23.0 Å². The molecular weight excluding hydrogens is 202 g/mol. The number of halogens is 3. The number of hydrogen-bond donors (Lipinski definition) is 1. The van der Waals surface area contributed by atoms with E-state index >= 15 is 0 Å². The number of carboxylic acids is 1. The Labute approximate surface area is 77.8 Å². The highest BCUT2D eigenvalue weighted by atomic mass is 35.5. The maximum absolute atomic E-state index is 12.6. The van der Waals surface area contributed by atoms with Crippen molar-refractivity contribution in [3.8, 4) is 0 Å². The van der Waals surface area contributed by atoms with E-state index in [-0.39, 0.29) is 5.56 Å². The van der Waals surface area contributed by atoms with Crippen LogP contribution in [0, 0.1) is 11.6 Å². The number of alkyl halides is 1. The lowest BCUT2D eigenvalue weighted by atomic mass is 10.1. The van der Waals surface area contributed by atoms with Gasteiger partial charge in [-0.05, 0) is 17.7 Å². The number of carbonyl (C=O) groups is 1. The molecule has 0 aliphatic carbocycles. The van der Waals surface area contributed by atoms with Gasteiger partial charge in [0.25, 0.3) is 0 Å². The van der Waals surface area contributed by atoms with Crippen LogP contribution in [0.4, 0.5) is 8.78 Å². The molecule has 0 aromatic heterocycles. The van der Waals surface area contributed by atoms with E-state index in [0.717, 1.165) is 18.2 Å². The summed E-state index contributed by atoms with van der Waals surface area (Å²) in [5.74, 6) is -3.44. The van der Waals surface area contributed by atoms with Crippen molar-refractivity contribution in [2.24, 2.45) is 0 Å². The van der Waals surface area contributed by atoms with Gasteiger partial charge in [0.15, 0.2) is 17.0 Å². The molecule has 0 fully saturated rings. The summed E-state index contributed by atoms with van der Waals surface area (Å²) < 4.78 is 25.0. The van der Waals surface area contributed by atoms with E-state index in [0.29, 0.717) is 0 Å². The smallest absolute Gasteiger partial charge is 0.326 e. The SMILES string of the molecule is O=C(O)C(Cl)c1ccc(F)c(F)c1. The van der Waals surface area contributed by atoms with Crippen molar-refractivity contribution < 1.29 is 18.7 Å². The van der Waals surface area contributed by atoms with Crippen LogP contribution < -0.4 is 0 Å². The summed E-state index contributed by atoms with van der Waals surface area (Å²) in [7, 11) is 0. The molecule has 13 heavy (non-hydrogen) atoms. The molecule has 1 unspecified atom stereocenters. The molecule has 0 radical (unpaired) electrons. The van der Waals surface area contributed by atoms with E-state index in [1.54, 1.807) is 0 Å². The molecule has 1 aromatic rings. The maximum Gasteiger partial charge on any atom is 0.326 e. The highest BCUT2D eigenvalue weighted by Crippen LogP contribution is 2.22. The Morgan fingerprint density at radius 2 is 2.00 bits per heavy atom. The van der Waals surface area contributed by atoms with Gasteiger partial charge in [-0.25, -0.2) is 8.78 Å². The van der Waals surface area contributed by atoms with E-state index in [1.807, 2.05) is 0 Å². The van der Waals surface area contributed by atoms with Crippen molar-refractivity contribution in [1.29, 1.82) is 0 Å². The Hall–Kier alpha value is -1.16. The summed E-state index contributed by atoms with van der Waals surface area (Å²) >= 11 is 5.38. The summed E-state index contributed by atoms with van der Waals surface area (Å²) in [6.45, 7) is 0. The quantitative estimate of drug-likeness (QED) is 0.754. The zero-order valence-corrected chi connectivity index (χ0v) is 7.05. The van der Waals surface area contributed by atoms with Crippen molar-refractivity contribution in [3.05, 3.63) is 35.4 Å². The average Bonchev–Trinajstić information content (AvgIpc) is 2.08. The van der Waals surface area contributed by atoms with Crippen molar-refractivity contribution in [2.45, 2.75) is 5.38 Å². The molecule has 0 aliphatic rings. The van der Waals surface area contributed by atoms with Crippen LogP contribution in [0.15, 0.2) is 18.2 Å². The fraction of sp³-hybridized carbons (Fsp3) is 0.125. The van der Waals surface area contributed by atoms with Crippen LogP contribution in [0.3, 0.4) is 0 Å². The standard InChI is InChI=1S/C8H5ClF2O2/c9-7(8(12)13)4-1-2-5(10)6(11)3-4/h1-3,7H,(H,12,13). The highest BCUT2D eigenvalue weighted by Gasteiger charge is 2.17. The molecule has 70 valence electrons. The first kappa shape index (κ1) is 9.92. The van der Waals surface area contributed by atoms with Crippen LogP contribution in [0.1, 0.15) is 10.9 Å². The van der Waals surface area contributed by atoms with Crippen LogP contribution in [0.2, 0.25) is 0 Å². The van der Waals surface area contributed by atoms with Gasteiger partial charge in [-0.1, -0.05) is 6.07 Å². The molecular formula is C8H5ClF2O2. The normalized spacial score (nSPS) is 12.5. The third-order valence-corrected chi connectivity index (χ3v) is 1.89. The van der Waals surface area contributed by atoms with E-state index in [1.165, 1.54) is 0 Å². The molecule has 1 atom stereocenters. The summed E-state index contributed by atoms with van der Waals surface area (Å²) in [6.07, 6.45) is 0. The molecule has 0 saturated heterocycles. The second-order valence-electron chi connectivity index (χ2n) is 2.37. The molecule has 1 rings (SSSR count). The molecule has 5 heteroatoms. The van der Waals surface area contributed by atoms with E-state index in [9.17, 15) is 13.6 Å². The minimum absolute atomic E-state index is 0.0214. The van der Waals surface area contributed by atoms with Gasteiger partial charge in [-0.3, -0.25) is 4.79 Å². The molecule has 1 N–H and O–H groups in total. The molecule has 0 aliphatic heterocycles. The minimum atomic E-state index is -1.35. The zero-order chi connectivity index (χ0) is 10.0. The van der Waals surface area contributed by atoms with Crippen LogP contribution >= 0.6 is 11.6 Å². The zero-order valence-electron chi connectivity index (χ0n) is 6.30. The first-order valence-electron chi connectivity index (χ1n) is 3.34. The number of rotatable bonds is 2. The summed E-state index contributed by atoms with van der Waals surface area (Å²) in [4.78, 5) is 10.3. The third kappa shape index (κ3) is 2.15. The fourth-order valence-corrected chi connectivity index (χ4v) is 0.948. The maximum atomic E-state index is 12.6. The predicted molar refractivity (Wildman–Crippen MR) is 42.6 cm³/mol. The topological polar surface area (TPSA) is 37.3 Å². The monoisotopic (exact) mass is 206 g/mol. The second kappa shape index (κ2) is 3.70. The molecule has 1 aromatic carbocycles. The third-order valence-electron chi connectivity index (χ3n) is 1.45. The minimum Gasteiger partial charge on any atom is -0.480 e. The Balaban J connectivity index is 3.03. The van der Waals surface area contributed by atoms with Gasteiger partial charge in [0, 0.05) is 0 Å². The number of aliphatic carboxylic acids is 1. The van der Waals surface area contributed by atoms with Crippen molar-refractivity contribution in [1.82, 2.24) is 0 Å². The van der Waals surface area contributed by atoms with Gasteiger partial charge in [-0.2, -0.15) is 0 Å². The van der Waals surface area contributed by atoms with Crippen LogP contribution in [0.25, 0.3) is 0 Å². The molecule has 0 saturated carbocycles. The highest BCUT2D eigenvalue weighted by molar-refractivity contribution is 6.29. The lowest BCUT2D eigenvalue weighted by Gasteiger charge is -2.03. The Morgan fingerprint density at radius 3 is 2.46 bits per heavy atom. The molecule has 0 spiro atoms. The summed E-state index contributed by atoms with van der Waals surface area (Å²) in [5.41, 5.74) is 0.0214. The predicted octanol–water partition coefficient (Wildman–Crippen LogP) is 2.33. The van der Waals surface area contributed by atoms with Gasteiger partial charge < -0.3 is 5.11 Å². The van der Waals surface area contributed by atoms with Gasteiger partial charge in [0.05, 0.1) is 0 Å². The first-order valence-corrected chi connectivity index (χ1v) is 3.78. The Bertz CT molecular complexity index is 341. The van der Waals surface area contributed by atoms with E-state index in [2.05, 4.69) is 0 Å². The van der Waals surface area contributed by atoms with Crippen molar-refractivity contribution >= 4 is 17.6 Å².